The lowest BCUT2D eigenvalue weighted by molar-refractivity contribution is -0.116. The van der Waals surface area contributed by atoms with Crippen molar-refractivity contribution in [2.45, 2.75) is 0 Å². The third-order valence-corrected chi connectivity index (χ3v) is 4.60. The average molecular weight is 446 g/mol. The summed E-state index contributed by atoms with van der Waals surface area (Å²) in [5, 5.41) is 3.27. The van der Waals surface area contributed by atoms with E-state index in [0.29, 0.717) is 31.5 Å². The van der Waals surface area contributed by atoms with Crippen molar-refractivity contribution in [2.24, 2.45) is 0 Å². The van der Waals surface area contributed by atoms with E-state index in [1.165, 1.54) is 19.1 Å². The summed E-state index contributed by atoms with van der Waals surface area (Å²) < 4.78 is 5.79. The van der Waals surface area contributed by atoms with Gasteiger partial charge >= 0.3 is 0 Å². The Morgan fingerprint density at radius 2 is 1.84 bits per heavy atom. The van der Waals surface area contributed by atoms with Gasteiger partial charge in [-0.05, 0) is 46.3 Å². The fraction of sp³-hybridized carbons (Fsp3) is 0.176. The highest BCUT2D eigenvalue weighted by atomic mass is 79.9. The van der Waals surface area contributed by atoms with Crippen molar-refractivity contribution >= 4 is 56.6 Å². The van der Waals surface area contributed by atoms with Crippen LogP contribution in [-0.2, 0) is 4.79 Å². The molecule has 1 N–H and O–H groups in total. The van der Waals surface area contributed by atoms with Crippen molar-refractivity contribution in [1.29, 1.82) is 0 Å². The molecule has 132 valence electrons. The number of rotatable bonds is 5. The fourth-order valence-electron chi connectivity index (χ4n) is 2.10. The standard InChI is InChI=1S/C17H15BrCl2N2O3/c1-22(17(24)10-6-7-14(25-2)11(18)8-10)9-15(23)21-16-12(19)4-3-5-13(16)20/h3-8H,9H2,1-2H3,(H,21,23). The molecule has 0 aliphatic rings. The lowest BCUT2D eigenvalue weighted by Crippen LogP contribution is -2.35. The summed E-state index contributed by atoms with van der Waals surface area (Å²) in [5.41, 5.74) is 0.752. The molecule has 0 heterocycles. The first-order valence-corrected chi connectivity index (χ1v) is 8.71. The molecule has 0 fully saturated rings. The van der Waals surface area contributed by atoms with Crippen molar-refractivity contribution < 1.29 is 14.3 Å². The first kappa shape index (κ1) is 19.6. The molecule has 2 aromatic rings. The van der Waals surface area contributed by atoms with Crippen LogP contribution in [0.25, 0.3) is 0 Å². The average Bonchev–Trinajstić information content (AvgIpc) is 2.57. The van der Waals surface area contributed by atoms with E-state index in [9.17, 15) is 9.59 Å². The number of methoxy groups -OCH3 is 1. The van der Waals surface area contributed by atoms with Gasteiger partial charge in [0.15, 0.2) is 0 Å². The minimum atomic E-state index is -0.404. The molecule has 0 aromatic heterocycles. The minimum Gasteiger partial charge on any atom is -0.496 e. The third-order valence-electron chi connectivity index (χ3n) is 3.35. The number of likely N-dealkylation sites (N-methyl/N-ethyl adjacent to an activating group) is 1. The van der Waals surface area contributed by atoms with Gasteiger partial charge in [-0.25, -0.2) is 0 Å². The quantitative estimate of drug-likeness (QED) is 0.738. The van der Waals surface area contributed by atoms with E-state index in [1.54, 1.807) is 36.4 Å². The molecule has 0 aliphatic carbocycles. The molecular formula is C17H15BrCl2N2O3. The number of benzene rings is 2. The second-order valence-electron chi connectivity index (χ2n) is 5.16. The van der Waals surface area contributed by atoms with Crippen LogP contribution in [-0.4, -0.2) is 37.4 Å². The molecule has 2 aromatic carbocycles. The largest absolute Gasteiger partial charge is 0.496 e. The molecule has 25 heavy (non-hydrogen) atoms. The summed E-state index contributed by atoms with van der Waals surface area (Å²) >= 11 is 15.4. The number of nitrogens with zero attached hydrogens (tertiary/aromatic N) is 1. The molecule has 8 heteroatoms. The molecule has 2 amide bonds. The molecule has 0 saturated heterocycles. The molecule has 5 nitrogen and oxygen atoms in total. The molecule has 0 radical (unpaired) electrons. The number of para-hydroxylation sites is 1. The van der Waals surface area contributed by atoms with Crippen molar-refractivity contribution in [3.8, 4) is 5.75 Å². The Hall–Kier alpha value is -1.76. The molecule has 0 aliphatic heterocycles. The van der Waals surface area contributed by atoms with Crippen LogP contribution in [0, 0.1) is 0 Å². The number of hydrogen-bond donors (Lipinski definition) is 1. The maximum atomic E-state index is 12.5. The second-order valence-corrected chi connectivity index (χ2v) is 6.82. The Morgan fingerprint density at radius 1 is 1.20 bits per heavy atom. The number of ether oxygens (including phenoxy) is 1. The van der Waals surface area contributed by atoms with Crippen molar-refractivity contribution in [2.75, 3.05) is 26.0 Å². The predicted octanol–water partition coefficient (Wildman–Crippen LogP) is 4.48. The molecule has 0 bridgehead atoms. The smallest absolute Gasteiger partial charge is 0.254 e. The monoisotopic (exact) mass is 444 g/mol. The summed E-state index contributed by atoms with van der Waals surface area (Å²) in [6, 6.07) is 9.86. The van der Waals surface area contributed by atoms with E-state index in [4.69, 9.17) is 27.9 Å². The van der Waals surface area contributed by atoms with Gasteiger partial charge in [-0.15, -0.1) is 0 Å². The van der Waals surface area contributed by atoms with Gasteiger partial charge in [0.1, 0.15) is 5.75 Å². The first-order chi connectivity index (χ1) is 11.8. The molecule has 0 saturated carbocycles. The number of amides is 2. The SMILES string of the molecule is COc1ccc(C(=O)N(C)CC(=O)Nc2c(Cl)cccc2Cl)cc1Br. The number of nitrogens with one attached hydrogen (secondary N) is 1. The van der Waals surface area contributed by atoms with Gasteiger partial charge in [0, 0.05) is 12.6 Å². The summed E-state index contributed by atoms with van der Waals surface area (Å²) in [6.07, 6.45) is 0. The number of hydrogen-bond acceptors (Lipinski definition) is 3. The van der Waals surface area contributed by atoms with Gasteiger partial charge in [-0.2, -0.15) is 0 Å². The summed E-state index contributed by atoms with van der Waals surface area (Å²) in [7, 11) is 3.08. The minimum absolute atomic E-state index is 0.149. The van der Waals surface area contributed by atoms with Crippen LogP contribution in [0.4, 0.5) is 5.69 Å². The van der Waals surface area contributed by atoms with Crippen molar-refractivity contribution in [1.82, 2.24) is 4.90 Å². The summed E-state index contributed by atoms with van der Waals surface area (Å²) in [5.74, 6) is -0.0903. The number of anilines is 1. The zero-order valence-corrected chi connectivity index (χ0v) is 16.6. The zero-order chi connectivity index (χ0) is 18.6. The van der Waals surface area contributed by atoms with Crippen LogP contribution in [0.3, 0.4) is 0 Å². The van der Waals surface area contributed by atoms with Gasteiger partial charge in [-0.3, -0.25) is 9.59 Å². The van der Waals surface area contributed by atoms with Crippen molar-refractivity contribution in [3.05, 3.63) is 56.5 Å². The zero-order valence-electron chi connectivity index (χ0n) is 13.5. The molecule has 0 unspecified atom stereocenters. The number of carbonyl (C=O) groups excluding carboxylic acids is 2. The molecule has 0 spiro atoms. The van der Waals surface area contributed by atoms with E-state index >= 15 is 0 Å². The normalized spacial score (nSPS) is 10.3. The van der Waals surface area contributed by atoms with E-state index in [2.05, 4.69) is 21.2 Å². The summed E-state index contributed by atoms with van der Waals surface area (Å²) in [4.78, 5) is 25.9. The van der Waals surface area contributed by atoms with Crippen LogP contribution in [0.2, 0.25) is 10.0 Å². The highest BCUT2D eigenvalue weighted by molar-refractivity contribution is 9.10. The maximum Gasteiger partial charge on any atom is 0.254 e. The summed E-state index contributed by atoms with van der Waals surface area (Å²) in [6.45, 7) is -0.149. The van der Waals surface area contributed by atoms with E-state index in [-0.39, 0.29) is 12.5 Å². The number of carbonyl (C=O) groups is 2. The van der Waals surface area contributed by atoms with Gasteiger partial charge in [-0.1, -0.05) is 29.3 Å². The van der Waals surface area contributed by atoms with E-state index < -0.39 is 5.91 Å². The Bertz CT molecular complexity index is 794. The highest BCUT2D eigenvalue weighted by Crippen LogP contribution is 2.30. The van der Waals surface area contributed by atoms with Gasteiger partial charge in [0.05, 0.1) is 33.9 Å². The first-order valence-electron chi connectivity index (χ1n) is 7.16. The Balaban J connectivity index is 2.05. The molecular weight excluding hydrogens is 431 g/mol. The Morgan fingerprint density at radius 3 is 2.40 bits per heavy atom. The molecule has 2 rings (SSSR count). The topological polar surface area (TPSA) is 58.6 Å². The van der Waals surface area contributed by atoms with Crippen LogP contribution in [0.5, 0.6) is 5.75 Å². The number of halogens is 3. The predicted molar refractivity (Wildman–Crippen MR) is 103 cm³/mol. The van der Waals surface area contributed by atoms with Crippen LogP contribution < -0.4 is 10.1 Å². The fourth-order valence-corrected chi connectivity index (χ4v) is 3.14. The van der Waals surface area contributed by atoms with Gasteiger partial charge in [0.2, 0.25) is 5.91 Å². The molecule has 0 atom stereocenters. The van der Waals surface area contributed by atoms with E-state index in [0.717, 1.165) is 0 Å². The van der Waals surface area contributed by atoms with Crippen molar-refractivity contribution in [3.63, 3.8) is 0 Å². The van der Waals surface area contributed by atoms with Gasteiger partial charge < -0.3 is 15.0 Å². The second kappa shape index (κ2) is 8.56. The van der Waals surface area contributed by atoms with Crippen LogP contribution >= 0.6 is 39.1 Å². The lowest BCUT2D eigenvalue weighted by Gasteiger charge is -2.18. The highest BCUT2D eigenvalue weighted by Gasteiger charge is 2.17. The van der Waals surface area contributed by atoms with E-state index in [1.807, 2.05) is 0 Å². The third kappa shape index (κ3) is 4.87. The van der Waals surface area contributed by atoms with Crippen LogP contribution in [0.1, 0.15) is 10.4 Å². The Labute approximate surface area is 164 Å². The van der Waals surface area contributed by atoms with Crippen LogP contribution in [0.15, 0.2) is 40.9 Å². The maximum absolute atomic E-state index is 12.5. The lowest BCUT2D eigenvalue weighted by atomic mass is 10.2. The van der Waals surface area contributed by atoms with Gasteiger partial charge in [0.25, 0.3) is 5.91 Å². The Kier molecular flexibility index (Phi) is 6.70.